The zero-order valence-corrected chi connectivity index (χ0v) is 17.3. The molecule has 1 aromatic heterocycles. The minimum Gasteiger partial charge on any atom is -0.489 e. The lowest BCUT2D eigenvalue weighted by molar-refractivity contribution is 0.137. The van der Waals surface area contributed by atoms with Crippen LogP contribution in [0.2, 0.25) is 15.1 Å². The number of aromatic nitrogens is 2. The molecule has 1 aliphatic heterocycles. The van der Waals surface area contributed by atoms with Gasteiger partial charge in [0.15, 0.2) is 5.75 Å². The summed E-state index contributed by atoms with van der Waals surface area (Å²) in [5.41, 5.74) is 4.93. The lowest BCUT2D eigenvalue weighted by atomic mass is 10.3. The van der Waals surface area contributed by atoms with Crippen molar-refractivity contribution in [2.75, 3.05) is 19.7 Å². The van der Waals surface area contributed by atoms with E-state index in [4.69, 9.17) is 39.5 Å². The first kappa shape index (κ1) is 22.2. The Morgan fingerprint density at radius 3 is 2.54 bits per heavy atom. The maximum atomic E-state index is 12.3. The molecule has 2 N–H and O–H groups in total. The van der Waals surface area contributed by atoms with Crippen LogP contribution in [-0.2, 0) is 4.84 Å². The molecule has 2 aromatic rings. The third-order valence-electron chi connectivity index (χ3n) is 3.40. The van der Waals surface area contributed by atoms with E-state index in [2.05, 4.69) is 20.8 Å². The highest BCUT2D eigenvalue weighted by molar-refractivity contribution is 6.40. The Hall–Kier alpha value is -2.13. The van der Waals surface area contributed by atoms with Gasteiger partial charge >= 0.3 is 6.03 Å². The number of carbonyl (C=O) groups excluding carboxylic acids is 1. The van der Waals surface area contributed by atoms with Crippen molar-refractivity contribution in [1.82, 2.24) is 25.5 Å². The van der Waals surface area contributed by atoms with Crippen molar-refractivity contribution in [1.29, 1.82) is 0 Å². The van der Waals surface area contributed by atoms with Crippen molar-refractivity contribution in [3.63, 3.8) is 0 Å². The number of nitrogens with one attached hydrogen (secondary N) is 2. The van der Waals surface area contributed by atoms with Crippen molar-refractivity contribution in [3.05, 3.63) is 58.4 Å². The van der Waals surface area contributed by atoms with E-state index in [9.17, 15) is 4.79 Å². The molecule has 0 bridgehead atoms. The van der Waals surface area contributed by atoms with Crippen LogP contribution in [0.15, 0.2) is 43.3 Å². The number of nitrogens with zero attached hydrogens (tertiary/aromatic N) is 3. The number of ether oxygens (including phenoxy) is 1. The minimum atomic E-state index is -0.152. The van der Waals surface area contributed by atoms with E-state index in [0.29, 0.717) is 33.9 Å². The van der Waals surface area contributed by atoms with E-state index in [1.165, 1.54) is 17.2 Å². The van der Waals surface area contributed by atoms with Crippen molar-refractivity contribution in [2.45, 2.75) is 13.3 Å². The number of amides is 1. The Morgan fingerprint density at radius 2 is 2.04 bits per heavy atom. The maximum absolute atomic E-state index is 12.3. The molecule has 3 rings (SSSR count). The molecule has 1 amide bonds. The van der Waals surface area contributed by atoms with Crippen molar-refractivity contribution < 1.29 is 14.4 Å². The summed E-state index contributed by atoms with van der Waals surface area (Å²) in [6, 6.07) is 2.97. The molecular formula is C17H20Cl3N5O3. The quantitative estimate of drug-likeness (QED) is 0.692. The van der Waals surface area contributed by atoms with Crippen LogP contribution >= 0.6 is 34.8 Å². The third kappa shape index (κ3) is 6.79. The number of rotatable bonds is 6. The predicted molar refractivity (Wildman–Crippen MR) is 108 cm³/mol. The van der Waals surface area contributed by atoms with Gasteiger partial charge in [-0.1, -0.05) is 47.3 Å². The number of benzene rings is 1. The van der Waals surface area contributed by atoms with E-state index in [1.54, 1.807) is 35.6 Å². The fourth-order valence-electron chi connectivity index (χ4n) is 2.20. The zero-order valence-electron chi connectivity index (χ0n) is 15.1. The summed E-state index contributed by atoms with van der Waals surface area (Å²) in [4.78, 5) is 22.3. The standard InChI is InChI=1S/C15H16Cl3N3O2.C2H4N2O/c1-2-4-20(15(22)21-5-3-19-10-21)6-7-23-14-12(17)8-11(16)9-13(14)18;1-2-5-4-3-1/h3,5,8-10H,2,4,6-7H2,1H3;1-4H. The molecule has 2 heterocycles. The fraction of sp³-hybridized carbons (Fsp3) is 0.294. The largest absolute Gasteiger partial charge is 0.489 e. The second kappa shape index (κ2) is 11.7. The molecular weight excluding hydrogens is 429 g/mol. The van der Waals surface area contributed by atoms with E-state index in [0.717, 1.165) is 6.42 Å². The maximum Gasteiger partial charge on any atom is 0.329 e. The molecule has 11 heteroatoms. The Kier molecular flexibility index (Phi) is 9.22. The second-order valence-electron chi connectivity index (χ2n) is 5.45. The number of hydrazine groups is 1. The summed E-state index contributed by atoms with van der Waals surface area (Å²) in [5, 5.41) is 1.12. The highest BCUT2D eigenvalue weighted by Crippen LogP contribution is 2.35. The fourth-order valence-corrected chi connectivity index (χ4v) is 3.13. The van der Waals surface area contributed by atoms with Gasteiger partial charge in [-0.25, -0.2) is 9.78 Å². The normalized spacial score (nSPS) is 11.9. The van der Waals surface area contributed by atoms with Crippen molar-refractivity contribution in [2.24, 2.45) is 0 Å². The molecule has 28 heavy (non-hydrogen) atoms. The predicted octanol–water partition coefficient (Wildman–Crippen LogP) is 4.10. The zero-order chi connectivity index (χ0) is 20.4. The van der Waals surface area contributed by atoms with E-state index in [-0.39, 0.29) is 12.6 Å². The van der Waals surface area contributed by atoms with Gasteiger partial charge in [0.2, 0.25) is 0 Å². The smallest absolute Gasteiger partial charge is 0.329 e. The van der Waals surface area contributed by atoms with Gasteiger partial charge < -0.3 is 14.5 Å². The van der Waals surface area contributed by atoms with Crippen molar-refractivity contribution in [3.8, 4) is 5.75 Å². The first-order valence-corrected chi connectivity index (χ1v) is 9.52. The molecule has 0 saturated carbocycles. The van der Waals surface area contributed by atoms with Gasteiger partial charge in [-0.3, -0.25) is 9.99 Å². The Labute approximate surface area is 177 Å². The first-order chi connectivity index (χ1) is 13.5. The van der Waals surface area contributed by atoms with Crippen LogP contribution in [-0.4, -0.2) is 40.2 Å². The third-order valence-corrected chi connectivity index (χ3v) is 4.18. The highest BCUT2D eigenvalue weighted by atomic mass is 35.5. The van der Waals surface area contributed by atoms with Crippen LogP contribution < -0.4 is 15.8 Å². The SMILES string of the molecule is C1=CONN1.CCCN(CCOc1c(Cl)cc(Cl)cc1Cl)C(=O)n1ccnc1. The number of hydrogen-bond acceptors (Lipinski definition) is 6. The Morgan fingerprint density at radius 1 is 1.29 bits per heavy atom. The van der Waals surface area contributed by atoms with Crippen molar-refractivity contribution >= 4 is 40.8 Å². The summed E-state index contributed by atoms with van der Waals surface area (Å²) < 4.78 is 7.05. The molecule has 0 radical (unpaired) electrons. The van der Waals surface area contributed by atoms with Gasteiger partial charge in [0.05, 0.1) is 22.8 Å². The van der Waals surface area contributed by atoms with Crippen LogP contribution in [0.1, 0.15) is 13.3 Å². The molecule has 0 atom stereocenters. The second-order valence-corrected chi connectivity index (χ2v) is 6.70. The van der Waals surface area contributed by atoms with Gasteiger partial charge in [0.25, 0.3) is 0 Å². The molecule has 1 aliphatic rings. The monoisotopic (exact) mass is 447 g/mol. The molecule has 8 nitrogen and oxygen atoms in total. The van der Waals surface area contributed by atoms with Gasteiger partial charge in [0.1, 0.15) is 19.2 Å². The molecule has 1 aromatic carbocycles. The number of hydrogen-bond donors (Lipinski definition) is 2. The number of halogens is 3. The summed E-state index contributed by atoms with van der Waals surface area (Å²) in [6.45, 7) is 3.28. The van der Waals surface area contributed by atoms with E-state index in [1.807, 2.05) is 6.92 Å². The molecule has 152 valence electrons. The molecule has 0 unspecified atom stereocenters. The summed E-state index contributed by atoms with van der Waals surface area (Å²) in [7, 11) is 0. The average molecular weight is 449 g/mol. The number of imidazole rings is 1. The molecule has 0 fully saturated rings. The lowest BCUT2D eigenvalue weighted by Gasteiger charge is -2.22. The van der Waals surface area contributed by atoms with Gasteiger partial charge in [0, 0.05) is 24.0 Å². The van der Waals surface area contributed by atoms with Gasteiger partial charge in [-0.05, 0) is 18.6 Å². The number of carbonyl (C=O) groups is 1. The molecule has 0 saturated heterocycles. The Balaban J connectivity index is 0.000000485. The summed E-state index contributed by atoms with van der Waals surface area (Å²) in [5.74, 6) is 0.365. The van der Waals surface area contributed by atoms with E-state index < -0.39 is 0 Å². The van der Waals surface area contributed by atoms with E-state index >= 15 is 0 Å². The van der Waals surface area contributed by atoms with Crippen LogP contribution in [0.5, 0.6) is 5.75 Å². The molecule has 0 spiro atoms. The summed E-state index contributed by atoms with van der Waals surface area (Å²) >= 11 is 18.0. The van der Waals surface area contributed by atoms with Gasteiger partial charge in [-0.15, -0.1) is 0 Å². The van der Waals surface area contributed by atoms with Crippen LogP contribution in [0.3, 0.4) is 0 Å². The average Bonchev–Trinajstić information content (AvgIpc) is 3.38. The lowest BCUT2D eigenvalue weighted by Crippen LogP contribution is -2.37. The van der Waals surface area contributed by atoms with Crippen LogP contribution in [0.25, 0.3) is 0 Å². The van der Waals surface area contributed by atoms with Crippen LogP contribution in [0.4, 0.5) is 4.79 Å². The first-order valence-electron chi connectivity index (χ1n) is 8.38. The van der Waals surface area contributed by atoms with Crippen LogP contribution in [0, 0.1) is 0 Å². The summed E-state index contributed by atoms with van der Waals surface area (Å²) in [6.07, 6.45) is 8.65. The minimum absolute atomic E-state index is 0.152. The topological polar surface area (TPSA) is 80.7 Å². The molecule has 0 aliphatic carbocycles. The highest BCUT2D eigenvalue weighted by Gasteiger charge is 2.15. The van der Waals surface area contributed by atoms with Gasteiger partial charge in [-0.2, -0.15) is 0 Å². The Bertz CT molecular complexity index is 757.